The average Bonchev–Trinajstić information content (AvgIpc) is 3.17. The van der Waals surface area contributed by atoms with E-state index in [-0.39, 0.29) is 30.9 Å². The Balaban J connectivity index is 2.02. The number of amides is 2. The van der Waals surface area contributed by atoms with Crippen LogP contribution in [0.15, 0.2) is 18.2 Å². The first-order valence-electron chi connectivity index (χ1n) is 6.22. The van der Waals surface area contributed by atoms with Gasteiger partial charge in [-0.1, -0.05) is 0 Å². The number of nitrogens with zero attached hydrogens (tertiary/aromatic N) is 1. The fourth-order valence-electron chi connectivity index (χ4n) is 1.83. The number of aliphatic carboxylic acids is 1. The van der Waals surface area contributed by atoms with Crippen molar-refractivity contribution in [3.63, 3.8) is 0 Å². The van der Waals surface area contributed by atoms with Gasteiger partial charge in [-0.2, -0.15) is 0 Å². The lowest BCUT2D eigenvalue weighted by atomic mass is 10.3. The molecule has 1 saturated carbocycles. The second-order valence-corrected chi connectivity index (χ2v) is 5.78. The molecule has 1 aromatic rings. The summed E-state index contributed by atoms with van der Waals surface area (Å²) in [6.07, 6.45) is 1.71. The predicted octanol–water partition coefficient (Wildman–Crippen LogP) is 2.90. The maximum Gasteiger partial charge on any atom is 0.322 e. The van der Waals surface area contributed by atoms with E-state index < -0.39 is 5.97 Å². The molecule has 1 aromatic carbocycles. The average molecular weight is 392 g/mol. The predicted molar refractivity (Wildman–Crippen MR) is 80.1 cm³/mol. The molecule has 5 nitrogen and oxygen atoms in total. The number of benzene rings is 1. The summed E-state index contributed by atoms with van der Waals surface area (Å²) in [6.45, 7) is 0.184. The van der Waals surface area contributed by atoms with Gasteiger partial charge in [-0.3, -0.25) is 4.79 Å². The van der Waals surface area contributed by atoms with Crippen molar-refractivity contribution in [1.82, 2.24) is 4.90 Å². The van der Waals surface area contributed by atoms with E-state index in [0.29, 0.717) is 9.26 Å². The normalized spacial score (nSPS) is 13.9. The third kappa shape index (κ3) is 4.06. The van der Waals surface area contributed by atoms with Crippen molar-refractivity contribution in [1.29, 1.82) is 0 Å². The van der Waals surface area contributed by atoms with E-state index in [4.69, 9.17) is 5.11 Å². The van der Waals surface area contributed by atoms with Crippen molar-refractivity contribution in [3.05, 3.63) is 27.6 Å². The van der Waals surface area contributed by atoms with Gasteiger partial charge >= 0.3 is 12.0 Å². The van der Waals surface area contributed by atoms with E-state index in [1.165, 1.54) is 23.1 Å². The molecule has 0 atom stereocenters. The largest absolute Gasteiger partial charge is 0.481 e. The summed E-state index contributed by atoms with van der Waals surface area (Å²) in [5.74, 6) is -1.29. The van der Waals surface area contributed by atoms with Gasteiger partial charge in [0.05, 0.1) is 12.1 Å². The summed E-state index contributed by atoms with van der Waals surface area (Å²) in [7, 11) is 0. The van der Waals surface area contributed by atoms with E-state index in [0.717, 1.165) is 12.8 Å². The molecule has 7 heteroatoms. The van der Waals surface area contributed by atoms with Crippen molar-refractivity contribution in [2.75, 3.05) is 11.9 Å². The Morgan fingerprint density at radius 1 is 1.45 bits per heavy atom. The van der Waals surface area contributed by atoms with Crippen LogP contribution in [0.4, 0.5) is 14.9 Å². The standard InChI is InChI=1S/C13H14FIN2O3/c14-8-1-4-11(10(15)7-8)16-13(20)17(9-2-3-9)6-5-12(18)19/h1,4,7,9H,2-3,5-6H2,(H,16,20)(H,18,19). The zero-order valence-corrected chi connectivity index (χ0v) is 12.8. The zero-order chi connectivity index (χ0) is 14.7. The van der Waals surface area contributed by atoms with Crippen LogP contribution in [0.2, 0.25) is 0 Å². The number of hydrogen-bond donors (Lipinski definition) is 2. The SMILES string of the molecule is O=C(O)CCN(C(=O)Nc1ccc(F)cc1I)C1CC1. The quantitative estimate of drug-likeness (QED) is 0.758. The highest BCUT2D eigenvalue weighted by Crippen LogP contribution is 2.28. The summed E-state index contributed by atoms with van der Waals surface area (Å²) in [6, 6.07) is 3.88. The molecule has 20 heavy (non-hydrogen) atoms. The molecular weight excluding hydrogens is 378 g/mol. The highest BCUT2D eigenvalue weighted by molar-refractivity contribution is 14.1. The van der Waals surface area contributed by atoms with Crippen LogP contribution in [-0.2, 0) is 4.79 Å². The molecule has 1 fully saturated rings. The zero-order valence-electron chi connectivity index (χ0n) is 10.6. The molecule has 0 heterocycles. The number of rotatable bonds is 5. The number of halogens is 2. The van der Waals surface area contributed by atoms with Crippen LogP contribution in [0.5, 0.6) is 0 Å². The molecule has 2 rings (SSSR count). The van der Waals surface area contributed by atoms with Gasteiger partial charge in [-0.05, 0) is 53.6 Å². The van der Waals surface area contributed by atoms with E-state index in [2.05, 4.69) is 5.32 Å². The van der Waals surface area contributed by atoms with Crippen molar-refractivity contribution in [2.45, 2.75) is 25.3 Å². The molecule has 0 radical (unpaired) electrons. The number of carbonyl (C=O) groups is 2. The van der Waals surface area contributed by atoms with Crippen molar-refractivity contribution >= 4 is 40.3 Å². The Labute approximate surface area is 129 Å². The number of urea groups is 1. The van der Waals surface area contributed by atoms with Crippen molar-refractivity contribution in [2.24, 2.45) is 0 Å². The van der Waals surface area contributed by atoms with Crippen LogP contribution in [-0.4, -0.2) is 34.6 Å². The Hall–Kier alpha value is -1.38. The molecular formula is C13H14FIN2O3. The van der Waals surface area contributed by atoms with E-state index in [1.54, 1.807) is 0 Å². The minimum Gasteiger partial charge on any atom is -0.481 e. The minimum atomic E-state index is -0.931. The fraction of sp³-hybridized carbons (Fsp3) is 0.385. The summed E-state index contributed by atoms with van der Waals surface area (Å²) in [5.41, 5.74) is 0.526. The summed E-state index contributed by atoms with van der Waals surface area (Å²) >= 11 is 1.94. The van der Waals surface area contributed by atoms with Gasteiger partial charge < -0.3 is 15.3 Å². The maximum atomic E-state index is 13.0. The second-order valence-electron chi connectivity index (χ2n) is 4.62. The monoisotopic (exact) mass is 392 g/mol. The second kappa shape index (κ2) is 6.38. The number of carbonyl (C=O) groups excluding carboxylic acids is 1. The first-order chi connectivity index (χ1) is 9.47. The first-order valence-corrected chi connectivity index (χ1v) is 7.29. The van der Waals surface area contributed by atoms with Crippen LogP contribution < -0.4 is 5.32 Å². The van der Waals surface area contributed by atoms with Gasteiger partial charge in [0.1, 0.15) is 5.82 Å². The number of carboxylic acids is 1. The smallest absolute Gasteiger partial charge is 0.322 e. The van der Waals surface area contributed by atoms with Gasteiger partial charge in [-0.25, -0.2) is 9.18 Å². The Morgan fingerprint density at radius 3 is 2.70 bits per heavy atom. The summed E-state index contributed by atoms with van der Waals surface area (Å²) < 4.78 is 13.6. The van der Waals surface area contributed by atoms with Gasteiger partial charge in [-0.15, -0.1) is 0 Å². The summed E-state index contributed by atoms with van der Waals surface area (Å²) in [5, 5.41) is 11.4. The van der Waals surface area contributed by atoms with Crippen LogP contribution in [0.25, 0.3) is 0 Å². The van der Waals surface area contributed by atoms with E-state index in [9.17, 15) is 14.0 Å². The number of anilines is 1. The van der Waals surface area contributed by atoms with E-state index >= 15 is 0 Å². The van der Waals surface area contributed by atoms with Gasteiger partial charge in [0.2, 0.25) is 0 Å². The van der Waals surface area contributed by atoms with Gasteiger partial charge in [0.25, 0.3) is 0 Å². The van der Waals surface area contributed by atoms with Crippen molar-refractivity contribution < 1.29 is 19.1 Å². The minimum absolute atomic E-state index is 0.0789. The highest BCUT2D eigenvalue weighted by atomic mass is 127. The number of carboxylic acid groups (broad SMARTS) is 1. The van der Waals surface area contributed by atoms with Gasteiger partial charge in [0, 0.05) is 16.2 Å². The van der Waals surface area contributed by atoms with Crippen LogP contribution in [0.3, 0.4) is 0 Å². The molecule has 0 bridgehead atoms. The molecule has 2 amide bonds. The van der Waals surface area contributed by atoms with Crippen LogP contribution in [0, 0.1) is 9.39 Å². The van der Waals surface area contributed by atoms with Crippen molar-refractivity contribution in [3.8, 4) is 0 Å². The molecule has 0 spiro atoms. The summed E-state index contributed by atoms with van der Waals surface area (Å²) in [4.78, 5) is 24.3. The van der Waals surface area contributed by atoms with E-state index in [1.807, 2.05) is 22.6 Å². The Kier molecular flexibility index (Phi) is 4.79. The Morgan fingerprint density at radius 2 is 2.15 bits per heavy atom. The molecule has 0 aromatic heterocycles. The molecule has 2 N–H and O–H groups in total. The third-order valence-corrected chi connectivity index (χ3v) is 3.88. The third-order valence-electron chi connectivity index (χ3n) is 2.99. The topological polar surface area (TPSA) is 69.6 Å². The molecule has 0 aliphatic heterocycles. The lowest BCUT2D eigenvalue weighted by molar-refractivity contribution is -0.137. The highest BCUT2D eigenvalue weighted by Gasteiger charge is 2.32. The first kappa shape index (κ1) is 15.0. The lowest BCUT2D eigenvalue weighted by Crippen LogP contribution is -2.38. The maximum absolute atomic E-state index is 13.0. The van der Waals surface area contributed by atoms with Crippen LogP contribution in [0.1, 0.15) is 19.3 Å². The van der Waals surface area contributed by atoms with Gasteiger partial charge in [0.15, 0.2) is 0 Å². The molecule has 0 saturated heterocycles. The molecule has 108 valence electrons. The van der Waals surface area contributed by atoms with Crippen LogP contribution >= 0.6 is 22.6 Å². The molecule has 0 unspecified atom stereocenters. The number of nitrogens with one attached hydrogen (secondary N) is 1. The Bertz CT molecular complexity index is 534. The fourth-order valence-corrected chi connectivity index (χ4v) is 2.44. The number of hydrogen-bond acceptors (Lipinski definition) is 2. The molecule has 1 aliphatic carbocycles. The lowest BCUT2D eigenvalue weighted by Gasteiger charge is -2.22. The molecule has 1 aliphatic rings.